The molecule has 2 unspecified atom stereocenters. The average Bonchev–Trinajstić information content (AvgIpc) is 3.58. The molecule has 2 aliphatic rings. The summed E-state index contributed by atoms with van der Waals surface area (Å²) in [5.74, 6) is -3.81. The Bertz CT molecular complexity index is 1670. The Morgan fingerprint density at radius 3 is 2.75 bits per heavy atom. The van der Waals surface area contributed by atoms with Crippen LogP contribution in [0.1, 0.15) is 62.0 Å². The molecule has 0 spiro atoms. The highest BCUT2D eigenvalue weighted by Gasteiger charge is 2.43. The van der Waals surface area contributed by atoms with Gasteiger partial charge in [0.15, 0.2) is 11.3 Å². The second-order valence-corrected chi connectivity index (χ2v) is 11.7. The number of ether oxygens (including phenoxy) is 1. The zero-order valence-corrected chi connectivity index (χ0v) is 24.9. The van der Waals surface area contributed by atoms with Crippen molar-refractivity contribution in [3.05, 3.63) is 57.5 Å². The maximum absolute atomic E-state index is 13.0. The van der Waals surface area contributed by atoms with E-state index in [4.69, 9.17) is 32.9 Å². The molecule has 1 aromatic carbocycles. The Morgan fingerprint density at radius 1 is 1.30 bits per heavy atom. The number of carboxylic acids is 1. The number of hydrogen-bond donors (Lipinski definition) is 1. The number of benzene rings is 1. The van der Waals surface area contributed by atoms with E-state index in [0.29, 0.717) is 51.9 Å². The third-order valence-corrected chi connectivity index (χ3v) is 8.73. The third kappa shape index (κ3) is 6.52. The van der Waals surface area contributed by atoms with Crippen LogP contribution in [0.15, 0.2) is 30.5 Å². The van der Waals surface area contributed by atoms with Crippen molar-refractivity contribution < 1.29 is 32.6 Å². The van der Waals surface area contributed by atoms with Gasteiger partial charge in [0.05, 0.1) is 31.0 Å². The van der Waals surface area contributed by atoms with Crippen molar-refractivity contribution in [3.8, 4) is 6.07 Å². The van der Waals surface area contributed by atoms with E-state index in [9.17, 15) is 33.1 Å². The Hall–Kier alpha value is -3.73. The summed E-state index contributed by atoms with van der Waals surface area (Å²) in [6.45, 7) is 1.91. The van der Waals surface area contributed by atoms with E-state index in [2.05, 4.69) is 10.1 Å². The fraction of sp³-hybridized carbons (Fsp3) is 0.448. The summed E-state index contributed by atoms with van der Waals surface area (Å²) in [4.78, 5) is 34.3. The number of halogens is 5. The van der Waals surface area contributed by atoms with Gasteiger partial charge in [-0.1, -0.05) is 35.3 Å². The maximum atomic E-state index is 13.0. The van der Waals surface area contributed by atoms with Crippen LogP contribution in [0.5, 0.6) is 0 Å². The molecule has 1 N–H and O–H groups in total. The van der Waals surface area contributed by atoms with Gasteiger partial charge >= 0.3 is 18.1 Å². The lowest BCUT2D eigenvalue weighted by Gasteiger charge is -2.40. The number of carbonyl (C=O) groups excluding carboxylic acids is 1. The van der Waals surface area contributed by atoms with Gasteiger partial charge < -0.3 is 9.84 Å². The summed E-state index contributed by atoms with van der Waals surface area (Å²) in [5, 5.41) is 24.4. The number of hydrogen-bond acceptors (Lipinski definition) is 8. The van der Waals surface area contributed by atoms with E-state index in [1.54, 1.807) is 18.2 Å². The van der Waals surface area contributed by atoms with Crippen molar-refractivity contribution in [2.75, 3.05) is 13.2 Å². The van der Waals surface area contributed by atoms with Crippen LogP contribution in [0.2, 0.25) is 10.0 Å². The minimum atomic E-state index is -5.14. The van der Waals surface area contributed by atoms with Gasteiger partial charge in [-0.25, -0.2) is 19.4 Å². The summed E-state index contributed by atoms with van der Waals surface area (Å²) in [7, 11) is 0. The summed E-state index contributed by atoms with van der Waals surface area (Å²) in [5.41, 5.74) is 2.41. The zero-order chi connectivity index (χ0) is 31.8. The van der Waals surface area contributed by atoms with Gasteiger partial charge in [-0.15, -0.1) is 0 Å². The molecule has 0 amide bonds. The first-order valence-corrected chi connectivity index (χ1v) is 14.6. The fourth-order valence-electron chi connectivity index (χ4n) is 6.10. The van der Waals surface area contributed by atoms with Crippen LogP contribution in [0, 0.1) is 17.2 Å². The van der Waals surface area contributed by atoms with Gasteiger partial charge in [-0.05, 0) is 62.4 Å². The number of allylic oxidation sites excluding steroid dienone is 1. The van der Waals surface area contributed by atoms with Crippen LogP contribution in [0.4, 0.5) is 13.2 Å². The molecule has 1 aliphatic heterocycles. The van der Waals surface area contributed by atoms with Crippen molar-refractivity contribution in [1.29, 1.82) is 5.26 Å². The molecule has 4 atom stereocenters. The number of aliphatic carboxylic acids is 1. The first-order chi connectivity index (χ1) is 20.9. The monoisotopic (exact) mass is 650 g/mol. The molecule has 44 heavy (non-hydrogen) atoms. The zero-order valence-electron chi connectivity index (χ0n) is 23.4. The van der Waals surface area contributed by atoms with Gasteiger partial charge in [0, 0.05) is 28.0 Å². The summed E-state index contributed by atoms with van der Waals surface area (Å²) in [6.07, 6.45) is 0.127. The lowest BCUT2D eigenvalue weighted by Crippen LogP contribution is -2.47. The van der Waals surface area contributed by atoms with Crippen molar-refractivity contribution in [3.63, 3.8) is 0 Å². The van der Waals surface area contributed by atoms with Gasteiger partial charge in [0.25, 0.3) is 0 Å². The molecule has 1 aliphatic carbocycles. The van der Waals surface area contributed by atoms with Gasteiger partial charge in [-0.3, -0.25) is 9.69 Å². The maximum Gasteiger partial charge on any atom is 0.490 e. The fourth-order valence-corrected chi connectivity index (χ4v) is 6.67. The highest BCUT2D eigenvalue weighted by Crippen LogP contribution is 2.38. The molecule has 0 radical (unpaired) electrons. The quantitative estimate of drug-likeness (QED) is 0.299. The van der Waals surface area contributed by atoms with Gasteiger partial charge in [-0.2, -0.15) is 23.5 Å². The minimum absolute atomic E-state index is 0.0594. The summed E-state index contributed by atoms with van der Waals surface area (Å²) in [6, 6.07) is 5.98. The van der Waals surface area contributed by atoms with E-state index >= 15 is 0 Å². The van der Waals surface area contributed by atoms with Crippen LogP contribution in [-0.2, 0) is 14.3 Å². The van der Waals surface area contributed by atoms with Gasteiger partial charge in [0.1, 0.15) is 11.6 Å². The first kappa shape index (κ1) is 31.7. The van der Waals surface area contributed by atoms with Crippen molar-refractivity contribution in [1.82, 2.24) is 24.6 Å². The number of esters is 1. The van der Waals surface area contributed by atoms with Crippen molar-refractivity contribution in [2.24, 2.45) is 5.92 Å². The number of aromatic nitrogens is 4. The molecule has 3 aromatic rings. The highest BCUT2D eigenvalue weighted by molar-refractivity contribution is 6.35. The number of rotatable bonds is 8. The smallest absolute Gasteiger partial charge is 0.481 e. The largest absolute Gasteiger partial charge is 0.490 e. The Kier molecular flexibility index (Phi) is 9.15. The lowest BCUT2D eigenvalue weighted by atomic mass is 9.82. The molecule has 15 heteroatoms. The number of nitrogens with zero attached hydrogens (tertiary/aromatic N) is 6. The predicted molar refractivity (Wildman–Crippen MR) is 154 cm³/mol. The molecule has 1 saturated heterocycles. The average molecular weight is 651 g/mol. The molecule has 2 aromatic heterocycles. The Balaban J connectivity index is 1.49. The molecule has 5 rings (SSSR count). The van der Waals surface area contributed by atoms with Crippen LogP contribution >= 0.6 is 23.2 Å². The normalized spacial score (nSPS) is 21.6. The third-order valence-electron chi connectivity index (χ3n) is 8.17. The molecule has 1 fully saturated rings. The topological polar surface area (TPSA) is 134 Å². The first-order valence-electron chi connectivity index (χ1n) is 13.9. The van der Waals surface area contributed by atoms with Crippen LogP contribution < -0.4 is 0 Å². The number of carboxylic acid groups (broad SMARTS) is 1. The minimum Gasteiger partial charge on any atom is -0.481 e. The molecular weight excluding hydrogens is 624 g/mol. The predicted octanol–water partition coefficient (Wildman–Crippen LogP) is 5.82. The number of carbonyl (C=O) groups is 2. The second kappa shape index (κ2) is 12.7. The van der Waals surface area contributed by atoms with Crippen molar-refractivity contribution >= 4 is 51.9 Å². The van der Waals surface area contributed by atoms with Crippen LogP contribution in [0.25, 0.3) is 16.7 Å². The molecule has 10 nitrogen and oxygen atoms in total. The van der Waals surface area contributed by atoms with Gasteiger partial charge in [0.2, 0.25) is 0 Å². The van der Waals surface area contributed by atoms with Crippen molar-refractivity contribution in [2.45, 2.75) is 63.3 Å². The second-order valence-electron chi connectivity index (χ2n) is 10.9. The van der Waals surface area contributed by atoms with E-state index in [0.717, 1.165) is 6.42 Å². The number of fused-ring (bicyclic) bond motifs is 1. The summed E-state index contributed by atoms with van der Waals surface area (Å²) < 4.78 is 45.2. The van der Waals surface area contributed by atoms with Crippen LogP contribution in [-0.4, -0.2) is 73.1 Å². The Morgan fingerprint density at radius 2 is 2.07 bits per heavy atom. The van der Waals surface area contributed by atoms with E-state index in [-0.39, 0.29) is 36.1 Å². The Labute approximate surface area is 260 Å². The highest BCUT2D eigenvalue weighted by atomic mass is 35.5. The summed E-state index contributed by atoms with van der Waals surface area (Å²) >= 11 is 12.5. The SMILES string of the molecule is C[C@H](c1ccc(Cl)cc1Cl)n1nc(C#N)c2ncc(C3=CCC(N4CCC[C@H]4CC(=O)O)C(COC(=O)C(F)(F)F)C3)nc21. The number of likely N-dealkylation sites (tertiary alicyclic amines) is 1. The van der Waals surface area contributed by atoms with E-state index < -0.39 is 36.7 Å². The van der Waals surface area contributed by atoms with Crippen LogP contribution in [0.3, 0.4) is 0 Å². The molecular formula is C29H27Cl2F3N6O4. The number of alkyl halides is 3. The van der Waals surface area contributed by atoms with E-state index in [1.807, 2.05) is 24.0 Å². The molecule has 3 heterocycles. The molecule has 232 valence electrons. The van der Waals surface area contributed by atoms with E-state index in [1.165, 1.54) is 10.9 Å². The standard InChI is InChI=1S/C29H27Cl2F3N6O4/c1-15(20-6-5-18(30)10-21(20)31)40-27-26(22(12-35)38-40)36-13-23(37-27)16-4-7-24(39-8-2-3-19(39)11-25(41)42)17(9-16)14-44-28(43)29(32,33)34/h4-6,10,13,15,17,19,24H,2-3,7-9,11,14H2,1H3,(H,41,42)/t15-,17?,19+,24?/m1/s1. The lowest BCUT2D eigenvalue weighted by molar-refractivity contribution is -0.201. The molecule has 0 bridgehead atoms. The number of nitriles is 1. The molecule has 0 saturated carbocycles.